The van der Waals surface area contributed by atoms with Gasteiger partial charge in [-0.15, -0.1) is 0 Å². The van der Waals surface area contributed by atoms with E-state index in [2.05, 4.69) is 37.9 Å². The maximum absolute atomic E-state index is 12.0. The van der Waals surface area contributed by atoms with Crippen LogP contribution in [0.2, 0.25) is 5.02 Å². The zero-order valence-electron chi connectivity index (χ0n) is 9.74. The highest BCUT2D eigenvalue weighted by Crippen LogP contribution is 2.43. The van der Waals surface area contributed by atoms with Crippen LogP contribution < -0.4 is 0 Å². The normalized spacial score (nSPS) is 21.5. The Morgan fingerprint density at radius 3 is 2.42 bits per heavy atom. The number of fused-ring (bicyclic) bond motifs is 1. The molecule has 19 heavy (non-hydrogen) atoms. The van der Waals surface area contributed by atoms with Crippen molar-refractivity contribution >= 4 is 49.2 Å². The largest absolute Gasteiger partial charge is 0.293 e. The Balaban J connectivity index is 2.11. The summed E-state index contributed by atoms with van der Waals surface area (Å²) < 4.78 is 0. The molecule has 0 bridgehead atoms. The van der Waals surface area contributed by atoms with Gasteiger partial charge in [-0.2, -0.15) is 0 Å². The SMILES string of the molecule is O=C1c2ccc(-c3cccc(Cl)c3)cc2C(Br)C1Br. The lowest BCUT2D eigenvalue weighted by molar-refractivity contribution is 0.100. The van der Waals surface area contributed by atoms with E-state index >= 15 is 0 Å². The summed E-state index contributed by atoms with van der Waals surface area (Å²) in [6.07, 6.45) is 0. The van der Waals surface area contributed by atoms with E-state index < -0.39 is 0 Å². The lowest BCUT2D eigenvalue weighted by Crippen LogP contribution is -2.07. The van der Waals surface area contributed by atoms with Gasteiger partial charge in [0.25, 0.3) is 0 Å². The number of benzene rings is 2. The molecule has 0 saturated carbocycles. The van der Waals surface area contributed by atoms with E-state index in [1.54, 1.807) is 0 Å². The molecule has 96 valence electrons. The predicted molar refractivity (Wildman–Crippen MR) is 85.6 cm³/mol. The second-order valence-corrected chi connectivity index (χ2v) is 6.89. The molecule has 2 aromatic rings. The Labute approximate surface area is 133 Å². The summed E-state index contributed by atoms with van der Waals surface area (Å²) in [7, 11) is 0. The molecule has 0 fully saturated rings. The summed E-state index contributed by atoms with van der Waals surface area (Å²) in [6.45, 7) is 0. The zero-order chi connectivity index (χ0) is 13.6. The van der Waals surface area contributed by atoms with Crippen LogP contribution in [0.5, 0.6) is 0 Å². The molecule has 3 rings (SSSR count). The maximum atomic E-state index is 12.0. The highest BCUT2D eigenvalue weighted by atomic mass is 79.9. The molecular weight excluding hydrogens is 391 g/mol. The minimum absolute atomic E-state index is 0.0223. The summed E-state index contributed by atoms with van der Waals surface area (Å²) in [4.78, 5) is 11.8. The summed E-state index contributed by atoms with van der Waals surface area (Å²) in [5, 5.41) is 0.711. The number of rotatable bonds is 1. The van der Waals surface area contributed by atoms with Crippen molar-refractivity contribution in [3.63, 3.8) is 0 Å². The second kappa shape index (κ2) is 5.04. The molecule has 0 spiro atoms. The number of hydrogen-bond donors (Lipinski definition) is 0. The van der Waals surface area contributed by atoms with Crippen molar-refractivity contribution in [3.05, 3.63) is 58.6 Å². The molecule has 0 heterocycles. The molecular formula is C15H9Br2ClO. The maximum Gasteiger partial charge on any atom is 0.178 e. The van der Waals surface area contributed by atoms with Crippen molar-refractivity contribution < 1.29 is 4.79 Å². The van der Waals surface area contributed by atoms with Crippen LogP contribution in [-0.2, 0) is 0 Å². The van der Waals surface area contributed by atoms with Gasteiger partial charge in [-0.05, 0) is 34.9 Å². The van der Waals surface area contributed by atoms with E-state index in [4.69, 9.17) is 11.6 Å². The molecule has 2 aromatic carbocycles. The van der Waals surface area contributed by atoms with Crippen LogP contribution in [0.1, 0.15) is 20.7 Å². The molecule has 1 aliphatic rings. The van der Waals surface area contributed by atoms with Gasteiger partial charge in [-0.3, -0.25) is 4.79 Å². The van der Waals surface area contributed by atoms with Gasteiger partial charge in [0, 0.05) is 10.6 Å². The number of hydrogen-bond acceptors (Lipinski definition) is 1. The Morgan fingerprint density at radius 2 is 1.68 bits per heavy atom. The summed E-state index contributed by atoms with van der Waals surface area (Å²) in [5.41, 5.74) is 3.94. The lowest BCUT2D eigenvalue weighted by Gasteiger charge is -2.08. The average Bonchev–Trinajstić information content (AvgIpc) is 2.64. The molecule has 0 aliphatic heterocycles. The van der Waals surface area contributed by atoms with Crippen molar-refractivity contribution in [2.75, 3.05) is 0 Å². The first-order valence-corrected chi connectivity index (χ1v) is 8.01. The van der Waals surface area contributed by atoms with Crippen LogP contribution in [0, 0.1) is 0 Å². The van der Waals surface area contributed by atoms with Gasteiger partial charge in [-0.1, -0.05) is 67.7 Å². The molecule has 2 unspecified atom stereocenters. The van der Waals surface area contributed by atoms with Crippen molar-refractivity contribution in [1.29, 1.82) is 0 Å². The predicted octanol–water partition coefficient (Wildman–Crippen LogP) is 5.40. The van der Waals surface area contributed by atoms with E-state index in [9.17, 15) is 4.79 Å². The molecule has 1 aliphatic carbocycles. The minimum Gasteiger partial charge on any atom is -0.293 e. The third kappa shape index (κ3) is 2.28. The number of carbonyl (C=O) groups excluding carboxylic acids is 1. The Bertz CT molecular complexity index is 669. The van der Waals surface area contributed by atoms with E-state index in [-0.39, 0.29) is 15.4 Å². The standard InChI is InChI=1S/C15H9Br2ClO/c16-13-12-7-9(8-2-1-3-10(18)6-8)4-5-11(12)15(19)14(13)17/h1-7,13-14H. The Kier molecular flexibility index (Phi) is 3.54. The molecule has 0 N–H and O–H groups in total. The highest BCUT2D eigenvalue weighted by Gasteiger charge is 2.36. The van der Waals surface area contributed by atoms with E-state index in [0.717, 1.165) is 22.3 Å². The van der Waals surface area contributed by atoms with Crippen molar-refractivity contribution in [2.24, 2.45) is 0 Å². The van der Waals surface area contributed by atoms with Gasteiger partial charge in [0.05, 0.1) is 9.65 Å². The number of carbonyl (C=O) groups is 1. The molecule has 0 radical (unpaired) electrons. The van der Waals surface area contributed by atoms with Crippen LogP contribution in [0.4, 0.5) is 0 Å². The van der Waals surface area contributed by atoms with Crippen molar-refractivity contribution in [3.8, 4) is 11.1 Å². The van der Waals surface area contributed by atoms with Gasteiger partial charge < -0.3 is 0 Å². The molecule has 1 nitrogen and oxygen atoms in total. The first-order valence-electron chi connectivity index (χ1n) is 5.80. The van der Waals surface area contributed by atoms with Crippen molar-refractivity contribution in [2.45, 2.75) is 9.65 Å². The van der Waals surface area contributed by atoms with Gasteiger partial charge in [0.15, 0.2) is 5.78 Å². The number of Topliss-reactive ketones (excluding diaryl/α,β-unsaturated/α-hetero) is 1. The van der Waals surface area contributed by atoms with E-state index in [1.165, 1.54) is 0 Å². The fourth-order valence-electron chi connectivity index (χ4n) is 2.30. The van der Waals surface area contributed by atoms with Gasteiger partial charge in [0.1, 0.15) is 0 Å². The minimum atomic E-state index is -0.183. The Morgan fingerprint density at radius 1 is 0.947 bits per heavy atom. The third-order valence-corrected chi connectivity index (χ3v) is 6.19. The lowest BCUT2D eigenvalue weighted by atomic mass is 10.0. The zero-order valence-corrected chi connectivity index (χ0v) is 13.7. The number of alkyl halides is 2. The van der Waals surface area contributed by atoms with Crippen molar-refractivity contribution in [1.82, 2.24) is 0 Å². The summed E-state index contributed by atoms with van der Waals surface area (Å²) in [6, 6.07) is 13.6. The van der Waals surface area contributed by atoms with Crippen LogP contribution in [-0.4, -0.2) is 10.6 Å². The van der Waals surface area contributed by atoms with Gasteiger partial charge in [-0.25, -0.2) is 0 Å². The highest BCUT2D eigenvalue weighted by molar-refractivity contribution is 9.12. The average molecular weight is 400 g/mol. The van der Waals surface area contributed by atoms with E-state index in [1.807, 2.05) is 36.4 Å². The molecule has 0 amide bonds. The second-order valence-electron chi connectivity index (χ2n) is 4.48. The molecule has 2 atom stereocenters. The molecule has 0 aromatic heterocycles. The Hall–Kier alpha value is -0.640. The smallest absolute Gasteiger partial charge is 0.178 e. The van der Waals surface area contributed by atoms with Crippen LogP contribution in [0.25, 0.3) is 11.1 Å². The number of halogens is 3. The fourth-order valence-corrected chi connectivity index (χ4v) is 3.64. The molecule has 4 heteroatoms. The van der Waals surface area contributed by atoms with Gasteiger partial charge >= 0.3 is 0 Å². The van der Waals surface area contributed by atoms with Crippen LogP contribution in [0.15, 0.2) is 42.5 Å². The summed E-state index contributed by atoms with van der Waals surface area (Å²) >= 11 is 13.0. The van der Waals surface area contributed by atoms with Gasteiger partial charge in [0.2, 0.25) is 0 Å². The monoisotopic (exact) mass is 398 g/mol. The molecule has 0 saturated heterocycles. The third-order valence-electron chi connectivity index (χ3n) is 3.28. The summed E-state index contributed by atoms with van der Waals surface area (Å²) in [5.74, 6) is 0.134. The first kappa shape index (κ1) is 13.3. The first-order chi connectivity index (χ1) is 9.08. The quantitative estimate of drug-likeness (QED) is 0.586. The van der Waals surface area contributed by atoms with E-state index in [0.29, 0.717) is 5.02 Å². The van der Waals surface area contributed by atoms with Crippen LogP contribution >= 0.6 is 43.5 Å². The topological polar surface area (TPSA) is 17.1 Å². The fraction of sp³-hybridized carbons (Fsp3) is 0.133. The number of ketones is 1. The van der Waals surface area contributed by atoms with Crippen LogP contribution in [0.3, 0.4) is 0 Å².